The third-order valence-electron chi connectivity index (χ3n) is 3.13. The van der Waals surface area contributed by atoms with Gasteiger partial charge in [-0.05, 0) is 23.8 Å². The molecule has 1 N–H and O–H groups in total. The Morgan fingerprint density at radius 3 is 2.56 bits per heavy atom. The maximum absolute atomic E-state index is 12.2. The molecular formula is C13H18N2O2S. The van der Waals surface area contributed by atoms with Crippen molar-refractivity contribution >= 4 is 23.2 Å². The van der Waals surface area contributed by atoms with Crippen LogP contribution in [0.3, 0.4) is 0 Å². The van der Waals surface area contributed by atoms with E-state index in [-0.39, 0.29) is 17.7 Å². The van der Waals surface area contributed by atoms with E-state index in [1.807, 2.05) is 25.3 Å². The average Bonchev–Trinajstić information content (AvgIpc) is 2.75. The van der Waals surface area contributed by atoms with Crippen LogP contribution >= 0.6 is 11.3 Å². The van der Waals surface area contributed by atoms with Gasteiger partial charge in [0.1, 0.15) is 6.04 Å². The average molecular weight is 266 g/mol. The van der Waals surface area contributed by atoms with Crippen molar-refractivity contribution in [2.45, 2.75) is 26.3 Å². The van der Waals surface area contributed by atoms with Crippen molar-refractivity contribution in [2.24, 2.45) is 5.92 Å². The molecule has 1 aromatic heterocycles. The van der Waals surface area contributed by atoms with Crippen LogP contribution in [0.25, 0.3) is 0 Å². The maximum atomic E-state index is 12.2. The number of likely N-dealkylation sites (tertiary alicyclic amines) is 1. The molecule has 98 valence electrons. The molecule has 1 unspecified atom stereocenters. The molecule has 2 amide bonds. The maximum Gasteiger partial charge on any atom is 0.262 e. The first-order valence-corrected chi connectivity index (χ1v) is 7.10. The van der Waals surface area contributed by atoms with E-state index in [1.54, 1.807) is 11.0 Å². The Morgan fingerprint density at radius 1 is 1.39 bits per heavy atom. The summed E-state index contributed by atoms with van der Waals surface area (Å²) < 4.78 is 0. The summed E-state index contributed by atoms with van der Waals surface area (Å²) in [7, 11) is 0. The minimum absolute atomic E-state index is 0.0427. The molecule has 0 aromatic carbocycles. The van der Waals surface area contributed by atoms with Crippen LogP contribution < -0.4 is 5.32 Å². The number of thiophene rings is 1. The Balaban J connectivity index is 2.02. The largest absolute Gasteiger partial charge is 0.341 e. The summed E-state index contributed by atoms with van der Waals surface area (Å²) in [4.78, 5) is 26.6. The third-order valence-corrected chi connectivity index (χ3v) is 4.00. The van der Waals surface area contributed by atoms with Crippen LogP contribution in [0.15, 0.2) is 17.5 Å². The van der Waals surface area contributed by atoms with Gasteiger partial charge in [0, 0.05) is 13.1 Å². The Morgan fingerprint density at radius 2 is 2.11 bits per heavy atom. The quantitative estimate of drug-likeness (QED) is 0.902. The lowest BCUT2D eigenvalue weighted by Gasteiger charge is -2.35. The Hall–Kier alpha value is -1.36. The highest BCUT2D eigenvalue weighted by molar-refractivity contribution is 7.12. The van der Waals surface area contributed by atoms with Crippen molar-refractivity contribution in [1.82, 2.24) is 10.2 Å². The van der Waals surface area contributed by atoms with Gasteiger partial charge in [0.25, 0.3) is 5.91 Å². The van der Waals surface area contributed by atoms with E-state index in [1.165, 1.54) is 11.3 Å². The number of hydrogen-bond acceptors (Lipinski definition) is 3. The minimum atomic E-state index is -0.417. The lowest BCUT2D eigenvalue weighted by Crippen LogP contribution is -2.54. The van der Waals surface area contributed by atoms with Crippen LogP contribution in [0.1, 0.15) is 29.9 Å². The number of nitrogens with one attached hydrogen (secondary N) is 1. The molecule has 4 nitrogen and oxygen atoms in total. The van der Waals surface area contributed by atoms with Crippen LogP contribution in [0, 0.1) is 5.92 Å². The summed E-state index contributed by atoms with van der Waals surface area (Å²) in [5.74, 6) is -0.0132. The second kappa shape index (κ2) is 5.52. The molecule has 1 aliphatic rings. The van der Waals surface area contributed by atoms with Gasteiger partial charge in [-0.2, -0.15) is 0 Å². The van der Waals surface area contributed by atoms with E-state index >= 15 is 0 Å². The van der Waals surface area contributed by atoms with Crippen LogP contribution in [-0.4, -0.2) is 35.8 Å². The van der Waals surface area contributed by atoms with Crippen molar-refractivity contribution in [3.05, 3.63) is 22.4 Å². The summed E-state index contributed by atoms with van der Waals surface area (Å²) in [6.07, 6.45) is 1.06. The molecule has 5 heteroatoms. The molecule has 1 aliphatic heterocycles. The van der Waals surface area contributed by atoms with E-state index in [0.29, 0.717) is 4.88 Å². The fourth-order valence-corrected chi connectivity index (χ4v) is 2.49. The fourth-order valence-electron chi connectivity index (χ4n) is 1.87. The number of hydrogen-bond donors (Lipinski definition) is 1. The van der Waals surface area contributed by atoms with Crippen molar-refractivity contribution in [2.75, 3.05) is 13.1 Å². The van der Waals surface area contributed by atoms with E-state index in [0.717, 1.165) is 19.5 Å². The number of amides is 2. The standard InChI is InChI=1S/C13H18N2O2S/c1-9(2)11(13(17)15-6-4-7-15)14-12(16)10-5-3-8-18-10/h3,5,8-9,11H,4,6-7H2,1-2H3,(H,14,16). The van der Waals surface area contributed by atoms with Gasteiger partial charge in [-0.3, -0.25) is 9.59 Å². The summed E-state index contributed by atoms with van der Waals surface area (Å²) in [5.41, 5.74) is 0. The molecule has 0 aliphatic carbocycles. The number of carbonyl (C=O) groups is 2. The van der Waals surface area contributed by atoms with Gasteiger partial charge in [0.05, 0.1) is 4.88 Å². The van der Waals surface area contributed by atoms with Gasteiger partial charge < -0.3 is 10.2 Å². The topological polar surface area (TPSA) is 49.4 Å². The Bertz CT molecular complexity index is 424. The van der Waals surface area contributed by atoms with Crippen molar-refractivity contribution in [3.63, 3.8) is 0 Å². The third kappa shape index (κ3) is 2.72. The SMILES string of the molecule is CC(C)C(NC(=O)c1cccs1)C(=O)N1CCC1. The summed E-state index contributed by atoms with van der Waals surface area (Å²) >= 11 is 1.39. The van der Waals surface area contributed by atoms with Gasteiger partial charge in [-0.15, -0.1) is 11.3 Å². The van der Waals surface area contributed by atoms with Crippen LogP contribution in [0.4, 0.5) is 0 Å². The zero-order valence-electron chi connectivity index (χ0n) is 10.7. The van der Waals surface area contributed by atoms with Crippen LogP contribution in [-0.2, 0) is 4.79 Å². The van der Waals surface area contributed by atoms with Crippen molar-refractivity contribution in [1.29, 1.82) is 0 Å². The second-order valence-electron chi connectivity index (χ2n) is 4.85. The molecule has 18 heavy (non-hydrogen) atoms. The molecule has 1 saturated heterocycles. The van der Waals surface area contributed by atoms with Crippen LogP contribution in [0.5, 0.6) is 0 Å². The molecule has 0 spiro atoms. The molecule has 1 aromatic rings. The summed E-state index contributed by atoms with van der Waals surface area (Å²) in [5, 5.41) is 4.71. The van der Waals surface area contributed by atoms with Crippen molar-refractivity contribution < 1.29 is 9.59 Å². The molecule has 1 atom stereocenters. The smallest absolute Gasteiger partial charge is 0.262 e. The molecule has 0 radical (unpaired) electrons. The first-order chi connectivity index (χ1) is 8.59. The van der Waals surface area contributed by atoms with Crippen LogP contribution in [0.2, 0.25) is 0 Å². The number of nitrogens with zero attached hydrogens (tertiary/aromatic N) is 1. The summed E-state index contributed by atoms with van der Waals surface area (Å²) in [6.45, 7) is 5.54. The molecule has 2 rings (SSSR count). The lowest BCUT2D eigenvalue weighted by molar-refractivity contribution is -0.137. The molecule has 1 fully saturated rings. The lowest BCUT2D eigenvalue weighted by atomic mass is 10.0. The normalized spacial score (nSPS) is 16.3. The molecular weight excluding hydrogens is 248 g/mol. The minimum Gasteiger partial charge on any atom is -0.341 e. The fraction of sp³-hybridized carbons (Fsp3) is 0.538. The van der Waals surface area contributed by atoms with Gasteiger partial charge >= 0.3 is 0 Å². The van der Waals surface area contributed by atoms with E-state index in [4.69, 9.17) is 0 Å². The van der Waals surface area contributed by atoms with Gasteiger partial charge in [-0.1, -0.05) is 19.9 Å². The molecule has 0 saturated carbocycles. The van der Waals surface area contributed by atoms with E-state index < -0.39 is 6.04 Å². The van der Waals surface area contributed by atoms with E-state index in [9.17, 15) is 9.59 Å². The Labute approximate surface area is 111 Å². The molecule has 0 bridgehead atoms. The monoisotopic (exact) mass is 266 g/mol. The Kier molecular flexibility index (Phi) is 4.01. The first-order valence-electron chi connectivity index (χ1n) is 6.22. The predicted molar refractivity (Wildman–Crippen MR) is 71.6 cm³/mol. The summed E-state index contributed by atoms with van der Waals surface area (Å²) in [6, 6.07) is 3.19. The van der Waals surface area contributed by atoms with Gasteiger partial charge in [-0.25, -0.2) is 0 Å². The number of carbonyl (C=O) groups excluding carboxylic acids is 2. The highest BCUT2D eigenvalue weighted by atomic mass is 32.1. The first kappa shape index (κ1) is 13.1. The van der Waals surface area contributed by atoms with E-state index in [2.05, 4.69) is 5.32 Å². The number of rotatable bonds is 4. The van der Waals surface area contributed by atoms with Gasteiger partial charge in [0.15, 0.2) is 0 Å². The van der Waals surface area contributed by atoms with Crippen molar-refractivity contribution in [3.8, 4) is 0 Å². The zero-order valence-corrected chi connectivity index (χ0v) is 11.5. The highest BCUT2D eigenvalue weighted by Gasteiger charge is 2.31. The predicted octanol–water partition coefficient (Wildman–Crippen LogP) is 1.73. The van der Waals surface area contributed by atoms with Gasteiger partial charge in [0.2, 0.25) is 5.91 Å². The zero-order chi connectivity index (χ0) is 13.1. The highest BCUT2D eigenvalue weighted by Crippen LogP contribution is 2.14. The second-order valence-corrected chi connectivity index (χ2v) is 5.80. The molecule has 2 heterocycles.